The van der Waals surface area contributed by atoms with Gasteiger partial charge >= 0.3 is 5.97 Å². The Morgan fingerprint density at radius 2 is 2.06 bits per heavy atom. The first-order chi connectivity index (χ1) is 16.8. The van der Waals surface area contributed by atoms with Gasteiger partial charge in [0.2, 0.25) is 0 Å². The first-order valence-electron chi connectivity index (χ1n) is 13.5. The number of unbranched alkanes of at least 4 members (excludes halogenated alkanes) is 2. The van der Waals surface area contributed by atoms with Crippen LogP contribution in [-0.4, -0.2) is 59.2 Å². The van der Waals surface area contributed by atoms with Crippen LogP contribution in [0.15, 0.2) is 23.8 Å². The van der Waals surface area contributed by atoms with Crippen molar-refractivity contribution in [2.75, 3.05) is 25.6 Å². The van der Waals surface area contributed by atoms with Crippen LogP contribution in [0, 0.1) is 22.7 Å². The number of hydrogen-bond acceptors (Lipinski definition) is 7. The summed E-state index contributed by atoms with van der Waals surface area (Å²) in [5.41, 5.74) is 1.33. The molecule has 198 valence electrons. The minimum Gasteiger partial charge on any atom is -0.459 e. The molecule has 0 spiro atoms. The second kappa shape index (κ2) is 11.9. The maximum atomic E-state index is 12.5. The second-order valence-corrected chi connectivity index (χ2v) is 14.3. The highest BCUT2D eigenvalue weighted by Crippen LogP contribution is 2.61. The van der Waals surface area contributed by atoms with Gasteiger partial charge in [0.25, 0.3) is 0 Å². The number of allylic oxidation sites excluding steroid dienone is 2. The topological polar surface area (TPSA) is 76.0 Å². The van der Waals surface area contributed by atoms with Gasteiger partial charge in [0.1, 0.15) is 12.7 Å². The number of hydrogen-bond donors (Lipinski definition) is 2. The summed E-state index contributed by atoms with van der Waals surface area (Å²) >= 11 is 0. The van der Waals surface area contributed by atoms with E-state index in [-0.39, 0.29) is 35.9 Å². The van der Waals surface area contributed by atoms with Crippen molar-refractivity contribution < 1.29 is 24.5 Å². The molecule has 2 saturated heterocycles. The zero-order chi connectivity index (χ0) is 25.1. The number of cyclic esters (lactones) is 1. The largest absolute Gasteiger partial charge is 0.459 e. The predicted molar refractivity (Wildman–Crippen MR) is 144 cm³/mol. The molecule has 0 radical (unpaired) electrons. The maximum absolute atomic E-state index is 12.5. The van der Waals surface area contributed by atoms with E-state index < -0.39 is 11.5 Å². The molecule has 0 aromatic carbocycles. The third-order valence-electron chi connectivity index (χ3n) is 9.43. The minimum absolute atomic E-state index is 0.00456. The van der Waals surface area contributed by atoms with Gasteiger partial charge in [-0.15, -0.1) is 0 Å². The Morgan fingerprint density at radius 3 is 2.80 bits per heavy atom. The van der Waals surface area contributed by atoms with Gasteiger partial charge in [-0.2, -0.15) is 0 Å². The molecule has 7 atom stereocenters. The highest BCUT2D eigenvalue weighted by Gasteiger charge is 2.57. The zero-order valence-corrected chi connectivity index (χ0v) is 23.1. The minimum atomic E-state index is -0.494. The fourth-order valence-electron chi connectivity index (χ4n) is 7.13. The number of carbonyl (C=O) groups excluding carboxylic acids is 1. The van der Waals surface area contributed by atoms with Crippen LogP contribution in [0.25, 0.3) is 0 Å². The van der Waals surface area contributed by atoms with Crippen LogP contribution in [-0.2, 0) is 14.3 Å². The van der Waals surface area contributed by atoms with Crippen molar-refractivity contribution in [3.63, 3.8) is 0 Å². The summed E-state index contributed by atoms with van der Waals surface area (Å²) in [6, 6.07) is 0. The molecule has 7 unspecified atom stereocenters. The van der Waals surface area contributed by atoms with Gasteiger partial charge in [-0.3, -0.25) is 0 Å². The fourth-order valence-corrected chi connectivity index (χ4v) is 10.2. The third kappa shape index (κ3) is 5.84. The summed E-state index contributed by atoms with van der Waals surface area (Å²) in [5.74, 6) is 1.47. The number of fused-ring (bicyclic) bond motifs is 1. The Labute approximate surface area is 219 Å². The number of carbonyl (C=O) groups is 1. The van der Waals surface area contributed by atoms with Gasteiger partial charge in [0, 0.05) is 23.0 Å². The molecule has 2 aliphatic heterocycles. The smallest absolute Gasteiger partial charge is 0.336 e. The van der Waals surface area contributed by atoms with Crippen LogP contribution < -0.4 is 0 Å². The molecule has 0 aromatic rings. The number of ether oxygens (including phenoxy) is 2. The lowest BCUT2D eigenvalue weighted by Crippen LogP contribution is -2.57. The molecule has 4 rings (SSSR count). The normalized spacial score (nSPS) is 40.8. The third-order valence-corrected chi connectivity index (χ3v) is 12.4. The van der Waals surface area contributed by atoms with E-state index >= 15 is 0 Å². The number of aliphatic hydroxyl groups excluding tert-OH is 2. The Kier molecular flexibility index (Phi) is 9.40. The van der Waals surface area contributed by atoms with Crippen molar-refractivity contribution >= 4 is 27.6 Å². The molecule has 2 aliphatic carbocycles. The highest BCUT2D eigenvalue weighted by atomic mass is 33.1. The Bertz CT molecular complexity index is 794. The number of aliphatic hydroxyl groups is 2. The maximum Gasteiger partial charge on any atom is 0.336 e. The van der Waals surface area contributed by atoms with Crippen LogP contribution >= 0.6 is 21.6 Å². The Balaban J connectivity index is 1.34. The van der Waals surface area contributed by atoms with Gasteiger partial charge in [-0.25, -0.2) is 4.79 Å². The van der Waals surface area contributed by atoms with Gasteiger partial charge in [-0.1, -0.05) is 66.5 Å². The van der Waals surface area contributed by atoms with E-state index in [0.29, 0.717) is 25.2 Å². The summed E-state index contributed by atoms with van der Waals surface area (Å²) in [4.78, 5) is 12.5. The van der Waals surface area contributed by atoms with Gasteiger partial charge in [0.05, 0.1) is 18.3 Å². The van der Waals surface area contributed by atoms with Crippen molar-refractivity contribution in [2.45, 2.75) is 95.5 Å². The molecule has 7 heteroatoms. The molecule has 0 amide bonds. The van der Waals surface area contributed by atoms with Crippen molar-refractivity contribution in [3.05, 3.63) is 23.8 Å². The molecule has 0 bridgehead atoms. The van der Waals surface area contributed by atoms with E-state index in [1.807, 2.05) is 34.6 Å². The average molecular weight is 525 g/mol. The van der Waals surface area contributed by atoms with E-state index in [0.717, 1.165) is 37.4 Å². The fraction of sp³-hybridized carbons (Fsp3) is 0.821. The Morgan fingerprint density at radius 1 is 1.23 bits per heavy atom. The second-order valence-electron chi connectivity index (χ2n) is 11.6. The van der Waals surface area contributed by atoms with Crippen molar-refractivity contribution in [2.24, 2.45) is 22.7 Å². The van der Waals surface area contributed by atoms with Crippen LogP contribution in [0.1, 0.15) is 78.1 Å². The number of rotatable bonds is 10. The van der Waals surface area contributed by atoms with Crippen LogP contribution in [0.2, 0.25) is 0 Å². The SMILES string of the molecule is C=C1CCC2C(C)(CO)C(O)CCC2(C)C1CC=C1C(=O)OCC1OCCCCCC1CCSS1. The van der Waals surface area contributed by atoms with Gasteiger partial charge in [0.15, 0.2) is 0 Å². The lowest BCUT2D eigenvalue weighted by atomic mass is 9.46. The molecule has 35 heavy (non-hydrogen) atoms. The van der Waals surface area contributed by atoms with E-state index in [1.165, 1.54) is 37.0 Å². The summed E-state index contributed by atoms with van der Waals surface area (Å²) in [6.45, 7) is 9.71. The zero-order valence-electron chi connectivity index (χ0n) is 21.5. The quantitative estimate of drug-likeness (QED) is 0.125. The van der Waals surface area contributed by atoms with Crippen LogP contribution in [0.5, 0.6) is 0 Å². The summed E-state index contributed by atoms with van der Waals surface area (Å²) < 4.78 is 11.5. The van der Waals surface area contributed by atoms with Gasteiger partial charge < -0.3 is 19.7 Å². The molecule has 2 heterocycles. The average Bonchev–Trinajstić information content (AvgIpc) is 3.48. The van der Waals surface area contributed by atoms with E-state index in [4.69, 9.17) is 9.47 Å². The molecule has 5 nitrogen and oxygen atoms in total. The Hall–Kier alpha value is -0.470. The lowest BCUT2D eigenvalue weighted by Gasteiger charge is -2.59. The van der Waals surface area contributed by atoms with Crippen LogP contribution in [0.3, 0.4) is 0 Å². The van der Waals surface area contributed by atoms with Crippen LogP contribution in [0.4, 0.5) is 0 Å². The predicted octanol–water partition coefficient (Wildman–Crippen LogP) is 5.70. The summed E-state index contributed by atoms with van der Waals surface area (Å²) in [7, 11) is 4.05. The first-order valence-corrected chi connectivity index (χ1v) is 15.9. The number of esters is 1. The summed E-state index contributed by atoms with van der Waals surface area (Å²) in [6.07, 6.45) is 11.5. The van der Waals surface area contributed by atoms with E-state index in [2.05, 4.69) is 13.5 Å². The molecule has 4 aliphatic rings. The molecular weight excluding hydrogens is 480 g/mol. The lowest BCUT2D eigenvalue weighted by molar-refractivity contribution is -0.151. The monoisotopic (exact) mass is 524 g/mol. The van der Waals surface area contributed by atoms with Crippen molar-refractivity contribution in [1.29, 1.82) is 0 Å². The standard InChI is InChI=1S/C28H44O5S2/c1-19-8-11-24-27(2,14-12-25(30)28(24,3)18-29)22(19)10-9-21-23(17-33-26(21)31)32-15-6-4-5-7-20-13-16-34-35-20/h9,20,22-25,29-30H,1,4-8,10-18H2,2-3H3. The van der Waals surface area contributed by atoms with Gasteiger partial charge in [-0.05, 0) is 68.6 Å². The molecular formula is C28H44O5S2. The molecule has 2 N–H and O–H groups in total. The summed E-state index contributed by atoms with van der Waals surface area (Å²) in [5, 5.41) is 21.8. The molecule has 4 fully saturated rings. The first kappa shape index (κ1) is 27.6. The van der Waals surface area contributed by atoms with Crippen molar-refractivity contribution in [3.8, 4) is 0 Å². The molecule has 2 saturated carbocycles. The highest BCUT2D eigenvalue weighted by molar-refractivity contribution is 8.77. The van der Waals surface area contributed by atoms with E-state index in [9.17, 15) is 15.0 Å². The molecule has 0 aromatic heterocycles. The van der Waals surface area contributed by atoms with Crippen molar-refractivity contribution in [1.82, 2.24) is 0 Å². The van der Waals surface area contributed by atoms with E-state index in [1.54, 1.807) is 0 Å².